The van der Waals surface area contributed by atoms with Crippen molar-refractivity contribution in [2.24, 2.45) is 10.9 Å². The molecule has 0 amide bonds. The first-order chi connectivity index (χ1) is 18.5. The zero-order valence-corrected chi connectivity index (χ0v) is 24.4. The highest BCUT2D eigenvalue weighted by Gasteiger charge is 2.34. The standard InChI is InChI=1S/C29H35N5O4S/c1-16-17(2)39-27-24(16)25(30-22(14-23(35)37-7)26-32-31-18(3)34(26)27)19-8-10-21(11-9-19)33-13-12-20(15-33)28(36)38-29(4,5)6/h8-11,20,22H,12-15H2,1-7H3/t20?,22-/m0/s1. The van der Waals surface area contributed by atoms with Crippen LogP contribution in [-0.4, -0.2) is 58.2 Å². The van der Waals surface area contributed by atoms with Crippen LogP contribution < -0.4 is 4.90 Å². The molecule has 1 fully saturated rings. The van der Waals surface area contributed by atoms with Gasteiger partial charge in [0, 0.05) is 34.8 Å². The molecule has 1 saturated heterocycles. The van der Waals surface area contributed by atoms with Crippen molar-refractivity contribution < 1.29 is 19.1 Å². The van der Waals surface area contributed by atoms with Crippen molar-refractivity contribution in [3.05, 3.63) is 57.5 Å². The fourth-order valence-corrected chi connectivity index (χ4v) is 6.38. The number of anilines is 1. The van der Waals surface area contributed by atoms with E-state index in [2.05, 4.69) is 53.2 Å². The Bertz CT molecular complexity index is 1450. The largest absolute Gasteiger partial charge is 0.469 e. The van der Waals surface area contributed by atoms with E-state index in [0.29, 0.717) is 12.4 Å². The highest BCUT2D eigenvalue weighted by molar-refractivity contribution is 7.15. The van der Waals surface area contributed by atoms with Gasteiger partial charge >= 0.3 is 11.9 Å². The molecule has 1 aromatic carbocycles. The molecule has 10 heteroatoms. The maximum atomic E-state index is 12.6. The second-order valence-electron chi connectivity index (χ2n) is 11.2. The maximum Gasteiger partial charge on any atom is 0.311 e. The van der Waals surface area contributed by atoms with Crippen LogP contribution in [0.4, 0.5) is 5.69 Å². The Hall–Kier alpha value is -3.53. The molecule has 206 valence electrons. The molecule has 2 atom stereocenters. The normalized spacial score (nSPS) is 18.7. The van der Waals surface area contributed by atoms with Gasteiger partial charge in [-0.3, -0.25) is 19.1 Å². The number of aryl methyl sites for hydroxylation is 2. The van der Waals surface area contributed by atoms with Crippen molar-refractivity contribution in [1.29, 1.82) is 0 Å². The lowest BCUT2D eigenvalue weighted by Crippen LogP contribution is -2.30. The molecule has 9 nitrogen and oxygen atoms in total. The molecule has 0 bridgehead atoms. The number of methoxy groups -OCH3 is 1. The highest BCUT2D eigenvalue weighted by Crippen LogP contribution is 2.40. The van der Waals surface area contributed by atoms with Crippen molar-refractivity contribution in [2.75, 3.05) is 25.1 Å². The summed E-state index contributed by atoms with van der Waals surface area (Å²) in [5.41, 5.74) is 4.53. The quantitative estimate of drug-likeness (QED) is 0.419. The number of aromatic nitrogens is 3. The maximum absolute atomic E-state index is 12.6. The summed E-state index contributed by atoms with van der Waals surface area (Å²) in [4.78, 5) is 33.5. The van der Waals surface area contributed by atoms with Crippen LogP contribution in [0, 0.1) is 26.7 Å². The lowest BCUT2D eigenvalue weighted by molar-refractivity contribution is -0.159. The van der Waals surface area contributed by atoms with Crippen LogP contribution >= 0.6 is 11.3 Å². The van der Waals surface area contributed by atoms with E-state index in [1.54, 1.807) is 11.3 Å². The molecular formula is C29H35N5O4S. The molecule has 1 unspecified atom stereocenters. The third-order valence-corrected chi connectivity index (χ3v) is 8.45. The smallest absolute Gasteiger partial charge is 0.311 e. The van der Waals surface area contributed by atoms with Gasteiger partial charge in [-0.1, -0.05) is 12.1 Å². The number of nitrogens with zero attached hydrogens (tertiary/aromatic N) is 5. The fourth-order valence-electron chi connectivity index (χ4n) is 5.17. The Morgan fingerprint density at radius 3 is 2.49 bits per heavy atom. The number of fused-ring (bicyclic) bond motifs is 3. The number of ether oxygens (including phenoxy) is 2. The van der Waals surface area contributed by atoms with Crippen LogP contribution in [0.15, 0.2) is 29.3 Å². The zero-order chi connectivity index (χ0) is 28.1. The molecule has 39 heavy (non-hydrogen) atoms. The third kappa shape index (κ3) is 5.22. The molecule has 0 saturated carbocycles. The van der Waals surface area contributed by atoms with Crippen molar-refractivity contribution in [2.45, 2.75) is 66.0 Å². The number of benzene rings is 1. The van der Waals surface area contributed by atoms with E-state index < -0.39 is 11.6 Å². The van der Waals surface area contributed by atoms with Crippen LogP contribution in [0.25, 0.3) is 5.00 Å². The number of esters is 2. The number of carbonyl (C=O) groups excluding carboxylic acids is 2. The fraction of sp³-hybridized carbons (Fsp3) is 0.483. The summed E-state index contributed by atoms with van der Waals surface area (Å²) < 4.78 is 12.6. The Kier molecular flexibility index (Phi) is 7.09. The van der Waals surface area contributed by atoms with Gasteiger partial charge < -0.3 is 14.4 Å². The van der Waals surface area contributed by atoms with E-state index in [-0.39, 0.29) is 24.3 Å². The summed E-state index contributed by atoms with van der Waals surface area (Å²) in [6.07, 6.45) is 0.844. The topological polar surface area (TPSA) is 98.9 Å². The summed E-state index contributed by atoms with van der Waals surface area (Å²) in [7, 11) is 1.38. The minimum atomic E-state index is -0.527. The van der Waals surface area contributed by atoms with Gasteiger partial charge in [0.2, 0.25) is 0 Å². The summed E-state index contributed by atoms with van der Waals surface area (Å²) in [5.74, 6) is 0.772. The van der Waals surface area contributed by atoms with Crippen molar-refractivity contribution >= 4 is 34.7 Å². The highest BCUT2D eigenvalue weighted by atomic mass is 32.1. The average molecular weight is 550 g/mol. The molecule has 3 aromatic rings. The Balaban J connectivity index is 1.49. The molecule has 2 aromatic heterocycles. The van der Waals surface area contributed by atoms with Crippen LogP contribution in [0.2, 0.25) is 0 Å². The first-order valence-corrected chi connectivity index (χ1v) is 14.0. The first-order valence-electron chi connectivity index (χ1n) is 13.2. The van der Waals surface area contributed by atoms with E-state index in [1.807, 2.05) is 32.3 Å². The second kappa shape index (κ2) is 10.2. The lowest BCUT2D eigenvalue weighted by atomic mass is 9.99. The van der Waals surface area contributed by atoms with Gasteiger partial charge in [-0.05, 0) is 65.7 Å². The number of hydrogen-bond donors (Lipinski definition) is 0. The van der Waals surface area contributed by atoms with E-state index in [1.165, 1.54) is 12.0 Å². The molecule has 2 aliphatic heterocycles. The second-order valence-corrected chi connectivity index (χ2v) is 12.4. The molecule has 0 aliphatic carbocycles. The van der Waals surface area contributed by atoms with Crippen molar-refractivity contribution in [3.8, 4) is 5.00 Å². The Labute approximate surface area is 232 Å². The number of carbonyl (C=O) groups is 2. The van der Waals surface area contributed by atoms with Crippen molar-refractivity contribution in [3.63, 3.8) is 0 Å². The van der Waals surface area contributed by atoms with E-state index in [4.69, 9.17) is 14.5 Å². The van der Waals surface area contributed by atoms with Crippen LogP contribution in [0.1, 0.15) is 72.9 Å². The van der Waals surface area contributed by atoms with E-state index in [9.17, 15) is 9.59 Å². The molecule has 0 radical (unpaired) electrons. The minimum Gasteiger partial charge on any atom is -0.469 e. The lowest BCUT2D eigenvalue weighted by Gasteiger charge is -2.23. The van der Waals surface area contributed by atoms with Gasteiger partial charge in [-0.15, -0.1) is 21.5 Å². The monoisotopic (exact) mass is 549 g/mol. The summed E-state index contributed by atoms with van der Waals surface area (Å²) in [6.45, 7) is 13.3. The Morgan fingerprint density at radius 1 is 1.10 bits per heavy atom. The molecule has 5 rings (SSSR count). The molecule has 4 heterocycles. The number of hydrogen-bond acceptors (Lipinski definition) is 9. The van der Waals surface area contributed by atoms with Gasteiger partial charge in [0.1, 0.15) is 22.5 Å². The number of rotatable bonds is 5. The SMILES string of the molecule is COC(=O)C[C@@H]1N=C(c2ccc(N3CCC(C(=O)OC(C)(C)C)C3)cc2)c2c(sc(C)c2C)-n2c(C)nnc21. The first kappa shape index (κ1) is 27.1. The van der Waals surface area contributed by atoms with E-state index >= 15 is 0 Å². The molecule has 0 N–H and O–H groups in total. The van der Waals surface area contributed by atoms with Gasteiger partial charge in [-0.2, -0.15) is 0 Å². The number of thiophene rings is 1. The third-order valence-electron chi connectivity index (χ3n) is 7.26. The summed E-state index contributed by atoms with van der Waals surface area (Å²) in [6, 6.07) is 7.77. The van der Waals surface area contributed by atoms with Crippen molar-refractivity contribution in [1.82, 2.24) is 14.8 Å². The summed E-state index contributed by atoms with van der Waals surface area (Å²) in [5, 5.41) is 9.74. The average Bonchev–Trinajstić information content (AvgIpc) is 3.57. The van der Waals surface area contributed by atoms with E-state index in [0.717, 1.165) is 51.9 Å². The predicted octanol–water partition coefficient (Wildman–Crippen LogP) is 4.88. The molecule has 0 spiro atoms. The molecule has 2 aliphatic rings. The van der Waals surface area contributed by atoms with Gasteiger partial charge in [-0.25, -0.2) is 0 Å². The zero-order valence-electron chi connectivity index (χ0n) is 23.6. The van der Waals surface area contributed by atoms with Gasteiger partial charge in [0.15, 0.2) is 5.82 Å². The van der Waals surface area contributed by atoms with Crippen LogP contribution in [0.5, 0.6) is 0 Å². The summed E-state index contributed by atoms with van der Waals surface area (Å²) >= 11 is 1.68. The van der Waals surface area contributed by atoms with Gasteiger partial charge in [0.25, 0.3) is 0 Å². The van der Waals surface area contributed by atoms with Gasteiger partial charge in [0.05, 0.1) is 25.2 Å². The predicted molar refractivity (Wildman–Crippen MR) is 151 cm³/mol. The van der Waals surface area contributed by atoms with Crippen LogP contribution in [-0.2, 0) is 19.1 Å². The number of aliphatic imine (C=N–C) groups is 1. The Morgan fingerprint density at radius 2 is 1.82 bits per heavy atom. The minimum absolute atomic E-state index is 0.0724. The molecular weight excluding hydrogens is 514 g/mol. The van der Waals surface area contributed by atoms with Crippen LogP contribution in [0.3, 0.4) is 0 Å².